The number of piperidine rings is 1. The summed E-state index contributed by atoms with van der Waals surface area (Å²) in [5.41, 5.74) is 2.07. The van der Waals surface area contributed by atoms with Gasteiger partial charge in [-0.15, -0.1) is 0 Å². The molecule has 2 aromatic rings. The zero-order chi connectivity index (χ0) is 24.1. The number of nitrogens with one attached hydrogen (secondary N) is 1. The zero-order valence-corrected chi connectivity index (χ0v) is 20.9. The Labute approximate surface area is 203 Å². The summed E-state index contributed by atoms with van der Waals surface area (Å²) < 4.78 is 33.6. The Balaban J connectivity index is 1.54. The van der Waals surface area contributed by atoms with E-state index in [2.05, 4.69) is 10.2 Å². The number of aryl methyl sites for hydroxylation is 1. The number of benzene rings is 2. The number of rotatable bonds is 8. The molecule has 2 aliphatic rings. The van der Waals surface area contributed by atoms with Crippen LogP contribution in [-0.2, 0) is 10.0 Å². The lowest BCUT2D eigenvalue weighted by Gasteiger charge is -2.29. The summed E-state index contributed by atoms with van der Waals surface area (Å²) in [4.78, 5) is 15.7. The highest BCUT2D eigenvalue weighted by Crippen LogP contribution is 2.31. The predicted octanol–water partition coefficient (Wildman–Crippen LogP) is 3.75. The average Bonchev–Trinajstić information content (AvgIpc) is 3.39. The van der Waals surface area contributed by atoms with Crippen molar-refractivity contribution >= 4 is 15.9 Å². The number of nitrogens with zero attached hydrogens (tertiary/aromatic N) is 2. The third-order valence-electron chi connectivity index (χ3n) is 6.92. The fourth-order valence-corrected chi connectivity index (χ4v) is 6.75. The quantitative estimate of drug-likeness (QED) is 0.616. The molecule has 0 spiro atoms. The molecule has 2 saturated heterocycles. The van der Waals surface area contributed by atoms with Crippen LogP contribution in [-0.4, -0.2) is 63.4 Å². The molecule has 0 aromatic heterocycles. The predicted molar refractivity (Wildman–Crippen MR) is 133 cm³/mol. The smallest absolute Gasteiger partial charge is 0.251 e. The van der Waals surface area contributed by atoms with Crippen molar-refractivity contribution in [3.8, 4) is 5.75 Å². The first-order valence-corrected chi connectivity index (χ1v) is 13.6. The Kier molecular flexibility index (Phi) is 7.91. The van der Waals surface area contributed by atoms with Gasteiger partial charge in [0.2, 0.25) is 10.0 Å². The molecular weight excluding hydrogens is 450 g/mol. The summed E-state index contributed by atoms with van der Waals surface area (Å²) in [5.74, 6) is 0.535. The van der Waals surface area contributed by atoms with Gasteiger partial charge in [0.25, 0.3) is 5.91 Å². The van der Waals surface area contributed by atoms with Crippen molar-refractivity contribution in [1.82, 2.24) is 14.5 Å². The monoisotopic (exact) mass is 485 g/mol. The summed E-state index contributed by atoms with van der Waals surface area (Å²) in [6.45, 7) is 5.22. The number of likely N-dealkylation sites (tertiary alicyclic amines) is 1. The van der Waals surface area contributed by atoms with Gasteiger partial charge in [0.15, 0.2) is 0 Å². The Bertz CT molecular complexity index is 1110. The highest BCUT2D eigenvalue weighted by Gasteiger charge is 2.29. The fraction of sp³-hybridized carbons (Fsp3) is 0.500. The maximum atomic E-state index is 13.3. The van der Waals surface area contributed by atoms with Gasteiger partial charge in [0.1, 0.15) is 5.75 Å². The highest BCUT2D eigenvalue weighted by molar-refractivity contribution is 7.89. The molecule has 1 amide bonds. The van der Waals surface area contributed by atoms with Crippen LogP contribution in [0.4, 0.5) is 0 Å². The number of hydrogen-bond acceptors (Lipinski definition) is 5. The molecule has 4 rings (SSSR count). The molecule has 7 nitrogen and oxygen atoms in total. The first kappa shape index (κ1) is 24.7. The van der Waals surface area contributed by atoms with Crippen molar-refractivity contribution in [2.24, 2.45) is 0 Å². The van der Waals surface area contributed by atoms with E-state index in [1.807, 2.05) is 24.3 Å². The van der Waals surface area contributed by atoms with Crippen LogP contribution in [0.1, 0.15) is 59.6 Å². The van der Waals surface area contributed by atoms with E-state index in [1.165, 1.54) is 6.07 Å². The third kappa shape index (κ3) is 5.29. The zero-order valence-electron chi connectivity index (χ0n) is 20.1. The molecule has 1 N–H and O–H groups in total. The molecule has 0 bridgehead atoms. The number of sulfonamides is 1. The van der Waals surface area contributed by atoms with Crippen LogP contribution >= 0.6 is 0 Å². The van der Waals surface area contributed by atoms with Crippen LogP contribution in [0.5, 0.6) is 5.75 Å². The molecule has 184 valence electrons. The summed E-state index contributed by atoms with van der Waals surface area (Å²) in [5, 5.41) is 3.06. The lowest BCUT2D eigenvalue weighted by atomic mass is 10.0. The number of amides is 1. The van der Waals surface area contributed by atoms with E-state index in [-0.39, 0.29) is 16.8 Å². The molecule has 0 saturated carbocycles. The number of ether oxygens (including phenoxy) is 1. The normalized spacial score (nSPS) is 18.5. The minimum absolute atomic E-state index is 0.00963. The maximum absolute atomic E-state index is 13.3. The number of hydrogen-bond donors (Lipinski definition) is 1. The van der Waals surface area contributed by atoms with Gasteiger partial charge in [-0.1, -0.05) is 30.7 Å². The molecule has 2 heterocycles. The van der Waals surface area contributed by atoms with E-state index in [0.29, 0.717) is 30.8 Å². The van der Waals surface area contributed by atoms with E-state index in [1.54, 1.807) is 30.5 Å². The second-order valence-corrected chi connectivity index (χ2v) is 11.1. The van der Waals surface area contributed by atoms with Crippen LogP contribution in [0.2, 0.25) is 0 Å². The van der Waals surface area contributed by atoms with E-state index in [4.69, 9.17) is 4.74 Å². The van der Waals surface area contributed by atoms with Crippen molar-refractivity contribution in [3.63, 3.8) is 0 Å². The van der Waals surface area contributed by atoms with E-state index >= 15 is 0 Å². The molecular formula is C26H35N3O4S. The van der Waals surface area contributed by atoms with Crippen LogP contribution in [0.3, 0.4) is 0 Å². The Morgan fingerprint density at radius 1 is 1.00 bits per heavy atom. The van der Waals surface area contributed by atoms with E-state index in [9.17, 15) is 13.2 Å². The molecule has 2 aromatic carbocycles. The van der Waals surface area contributed by atoms with Gasteiger partial charge in [0.05, 0.1) is 18.0 Å². The topological polar surface area (TPSA) is 78.9 Å². The molecule has 8 heteroatoms. The van der Waals surface area contributed by atoms with Crippen molar-refractivity contribution < 1.29 is 17.9 Å². The van der Waals surface area contributed by atoms with Gasteiger partial charge >= 0.3 is 0 Å². The van der Waals surface area contributed by atoms with Crippen LogP contribution in [0, 0.1) is 6.92 Å². The maximum Gasteiger partial charge on any atom is 0.251 e. The molecule has 1 unspecified atom stereocenters. The van der Waals surface area contributed by atoms with Gasteiger partial charge in [0, 0.05) is 30.8 Å². The number of carbonyl (C=O) groups excluding carboxylic acids is 1. The Hall–Kier alpha value is -2.42. The molecule has 34 heavy (non-hydrogen) atoms. The standard InChI is InChI=1S/C26H35N3O4S/c1-20-12-13-21(18-25(20)34(31,32)29-16-6-3-7-17-29)26(30)27-19-23(28-14-8-9-15-28)22-10-4-5-11-24(22)33-2/h4-5,10-13,18,23H,3,6-9,14-17,19H2,1-2H3,(H,27,30). The lowest BCUT2D eigenvalue weighted by Crippen LogP contribution is -2.37. The summed E-state index contributed by atoms with van der Waals surface area (Å²) in [6.07, 6.45) is 5.07. The van der Waals surface area contributed by atoms with Crippen molar-refractivity contribution in [1.29, 1.82) is 0 Å². The fourth-order valence-electron chi connectivity index (χ4n) is 4.99. The number of methoxy groups -OCH3 is 1. The lowest BCUT2D eigenvalue weighted by molar-refractivity contribution is 0.0937. The van der Waals surface area contributed by atoms with Gasteiger partial charge in [-0.25, -0.2) is 8.42 Å². The van der Waals surface area contributed by atoms with Gasteiger partial charge in [-0.05, 0) is 69.5 Å². The molecule has 0 aliphatic carbocycles. The molecule has 2 fully saturated rings. The average molecular weight is 486 g/mol. The second kappa shape index (κ2) is 10.9. The van der Waals surface area contributed by atoms with Gasteiger partial charge in [-0.3, -0.25) is 9.69 Å². The van der Waals surface area contributed by atoms with Crippen molar-refractivity contribution in [3.05, 3.63) is 59.2 Å². The van der Waals surface area contributed by atoms with Crippen molar-refractivity contribution in [2.75, 3.05) is 39.8 Å². The highest BCUT2D eigenvalue weighted by atomic mass is 32.2. The van der Waals surface area contributed by atoms with Gasteiger partial charge < -0.3 is 10.1 Å². The minimum Gasteiger partial charge on any atom is -0.496 e. The first-order valence-electron chi connectivity index (χ1n) is 12.2. The largest absolute Gasteiger partial charge is 0.496 e. The van der Waals surface area contributed by atoms with Crippen LogP contribution in [0.25, 0.3) is 0 Å². The Morgan fingerprint density at radius 3 is 2.38 bits per heavy atom. The first-order chi connectivity index (χ1) is 16.4. The van der Waals surface area contributed by atoms with Crippen molar-refractivity contribution in [2.45, 2.75) is 50.0 Å². The summed E-state index contributed by atoms with van der Waals surface area (Å²) in [6, 6.07) is 12.9. The Morgan fingerprint density at radius 2 is 1.68 bits per heavy atom. The molecule has 2 aliphatic heterocycles. The van der Waals surface area contributed by atoms with Crippen LogP contribution < -0.4 is 10.1 Å². The molecule has 1 atom stereocenters. The molecule has 0 radical (unpaired) electrons. The van der Waals surface area contributed by atoms with E-state index < -0.39 is 10.0 Å². The van der Waals surface area contributed by atoms with Crippen LogP contribution in [0.15, 0.2) is 47.4 Å². The number of carbonyl (C=O) groups is 1. The number of para-hydroxylation sites is 1. The SMILES string of the molecule is COc1ccccc1C(CNC(=O)c1ccc(C)c(S(=O)(=O)N2CCCCC2)c1)N1CCCC1. The summed E-state index contributed by atoms with van der Waals surface area (Å²) >= 11 is 0. The van der Waals surface area contributed by atoms with Gasteiger partial charge in [-0.2, -0.15) is 4.31 Å². The van der Waals surface area contributed by atoms with E-state index in [0.717, 1.165) is 56.5 Å². The second-order valence-electron chi connectivity index (χ2n) is 9.16. The third-order valence-corrected chi connectivity index (χ3v) is 8.96. The minimum atomic E-state index is -3.62. The summed E-state index contributed by atoms with van der Waals surface area (Å²) in [7, 11) is -1.95.